The largest absolute Gasteiger partial charge is 0.325 e. The molecule has 1 saturated carbocycles. The standard InChI is InChI=1S/C20H20N4OS2/c1-2-10-24-19(16-9-11-26-12-16)22-23-20(24)27-13-18(25)21-17-7-5-15(6-8-17)14-3-4-14/h2,5-9,11-12,14H,1,3-4,10,13H2,(H,21,25). The number of nitrogens with zero attached hydrogens (tertiary/aromatic N) is 3. The molecular formula is C20H20N4OS2. The van der Waals surface area contributed by atoms with Crippen LogP contribution in [0.25, 0.3) is 11.4 Å². The highest BCUT2D eigenvalue weighted by Crippen LogP contribution is 2.40. The van der Waals surface area contributed by atoms with Crippen LogP contribution in [0, 0.1) is 0 Å². The second-order valence-corrected chi connectivity index (χ2v) is 8.17. The highest BCUT2D eigenvalue weighted by molar-refractivity contribution is 7.99. The van der Waals surface area contributed by atoms with Crippen molar-refractivity contribution in [2.24, 2.45) is 0 Å². The van der Waals surface area contributed by atoms with Gasteiger partial charge in [-0.2, -0.15) is 11.3 Å². The first-order valence-electron chi connectivity index (χ1n) is 8.84. The molecule has 1 aromatic carbocycles. The topological polar surface area (TPSA) is 59.8 Å². The highest BCUT2D eigenvalue weighted by atomic mass is 32.2. The quantitative estimate of drug-likeness (QED) is 0.439. The van der Waals surface area contributed by atoms with Crippen LogP contribution in [0.5, 0.6) is 0 Å². The van der Waals surface area contributed by atoms with Crippen LogP contribution in [0.3, 0.4) is 0 Å². The van der Waals surface area contributed by atoms with Crippen molar-refractivity contribution < 1.29 is 4.79 Å². The van der Waals surface area contributed by atoms with E-state index in [1.54, 1.807) is 11.3 Å². The molecule has 0 aliphatic heterocycles. The van der Waals surface area contributed by atoms with E-state index in [-0.39, 0.29) is 11.7 Å². The maximum absolute atomic E-state index is 12.3. The Bertz CT molecular complexity index is 928. The summed E-state index contributed by atoms with van der Waals surface area (Å²) in [6.45, 7) is 4.41. The van der Waals surface area contributed by atoms with Gasteiger partial charge in [-0.05, 0) is 47.9 Å². The Labute approximate surface area is 166 Å². The van der Waals surface area contributed by atoms with Crippen LogP contribution in [0.15, 0.2) is 58.9 Å². The van der Waals surface area contributed by atoms with E-state index in [2.05, 4.69) is 34.2 Å². The van der Waals surface area contributed by atoms with Gasteiger partial charge in [-0.15, -0.1) is 16.8 Å². The zero-order valence-electron chi connectivity index (χ0n) is 14.8. The lowest BCUT2D eigenvalue weighted by Gasteiger charge is -2.08. The average Bonchev–Trinajstić information content (AvgIpc) is 3.23. The molecule has 1 amide bonds. The summed E-state index contributed by atoms with van der Waals surface area (Å²) in [5, 5.41) is 16.3. The SMILES string of the molecule is C=CCn1c(SCC(=O)Nc2ccc(C3CC3)cc2)nnc1-c1ccsc1. The van der Waals surface area contributed by atoms with Gasteiger partial charge in [0.05, 0.1) is 5.75 Å². The summed E-state index contributed by atoms with van der Waals surface area (Å²) in [5.74, 6) is 1.75. The number of aromatic nitrogens is 3. The third-order valence-electron chi connectivity index (χ3n) is 4.38. The van der Waals surface area contributed by atoms with Crippen molar-refractivity contribution in [3.8, 4) is 11.4 Å². The van der Waals surface area contributed by atoms with Crippen molar-refractivity contribution in [1.82, 2.24) is 14.8 Å². The van der Waals surface area contributed by atoms with E-state index in [0.717, 1.165) is 28.1 Å². The molecule has 4 rings (SSSR count). The maximum atomic E-state index is 12.3. The van der Waals surface area contributed by atoms with Crippen molar-refractivity contribution >= 4 is 34.7 Å². The Morgan fingerprint density at radius 1 is 1.30 bits per heavy atom. The van der Waals surface area contributed by atoms with Gasteiger partial charge in [0, 0.05) is 23.2 Å². The molecule has 0 spiro atoms. The number of carbonyl (C=O) groups excluding carboxylic acids is 1. The van der Waals surface area contributed by atoms with Gasteiger partial charge >= 0.3 is 0 Å². The molecule has 0 saturated heterocycles. The lowest BCUT2D eigenvalue weighted by atomic mass is 10.1. The Morgan fingerprint density at radius 2 is 2.11 bits per heavy atom. The number of allylic oxidation sites excluding steroid dienone is 1. The first-order valence-corrected chi connectivity index (χ1v) is 10.8. The lowest BCUT2D eigenvalue weighted by Crippen LogP contribution is -2.14. The van der Waals surface area contributed by atoms with E-state index in [1.165, 1.54) is 30.2 Å². The first kappa shape index (κ1) is 18.0. The predicted molar refractivity (Wildman–Crippen MR) is 111 cm³/mol. The smallest absolute Gasteiger partial charge is 0.234 e. The molecule has 0 bridgehead atoms. The molecule has 27 heavy (non-hydrogen) atoms. The molecule has 138 valence electrons. The van der Waals surface area contributed by atoms with Crippen molar-refractivity contribution in [1.29, 1.82) is 0 Å². The monoisotopic (exact) mass is 396 g/mol. The van der Waals surface area contributed by atoms with Gasteiger partial charge in [-0.25, -0.2) is 0 Å². The predicted octanol–water partition coefficient (Wildman–Crippen LogP) is 4.80. The number of anilines is 1. The molecular weight excluding hydrogens is 376 g/mol. The Hall–Kier alpha value is -2.38. The second kappa shape index (κ2) is 8.10. The Morgan fingerprint density at radius 3 is 2.78 bits per heavy atom. The minimum absolute atomic E-state index is 0.0515. The fourth-order valence-electron chi connectivity index (χ4n) is 2.88. The lowest BCUT2D eigenvalue weighted by molar-refractivity contribution is -0.113. The molecule has 1 fully saturated rings. The van der Waals surface area contributed by atoms with Gasteiger partial charge in [0.15, 0.2) is 11.0 Å². The molecule has 3 aromatic rings. The number of rotatable bonds is 8. The van der Waals surface area contributed by atoms with Crippen LogP contribution in [0.1, 0.15) is 24.3 Å². The van der Waals surface area contributed by atoms with Gasteiger partial charge in [0.2, 0.25) is 5.91 Å². The molecule has 2 heterocycles. The second-order valence-electron chi connectivity index (χ2n) is 6.45. The van der Waals surface area contributed by atoms with Gasteiger partial charge < -0.3 is 5.32 Å². The van der Waals surface area contributed by atoms with Crippen molar-refractivity contribution in [2.45, 2.75) is 30.5 Å². The summed E-state index contributed by atoms with van der Waals surface area (Å²) in [6, 6.07) is 10.2. The number of hydrogen-bond acceptors (Lipinski definition) is 5. The molecule has 0 unspecified atom stereocenters. The van der Waals surface area contributed by atoms with Gasteiger partial charge in [-0.1, -0.05) is 30.0 Å². The normalized spacial score (nSPS) is 13.5. The Kier molecular flexibility index (Phi) is 5.40. The molecule has 0 radical (unpaired) electrons. The highest BCUT2D eigenvalue weighted by Gasteiger charge is 2.23. The minimum Gasteiger partial charge on any atom is -0.325 e. The van der Waals surface area contributed by atoms with Crippen LogP contribution in [0.2, 0.25) is 0 Å². The van der Waals surface area contributed by atoms with E-state index in [0.29, 0.717) is 6.54 Å². The van der Waals surface area contributed by atoms with Crippen LogP contribution < -0.4 is 5.32 Å². The maximum Gasteiger partial charge on any atom is 0.234 e. The van der Waals surface area contributed by atoms with Gasteiger partial charge in [0.1, 0.15) is 0 Å². The van der Waals surface area contributed by atoms with Crippen molar-refractivity contribution in [2.75, 3.05) is 11.1 Å². The first-order chi connectivity index (χ1) is 13.2. The van der Waals surface area contributed by atoms with E-state index in [1.807, 2.05) is 39.6 Å². The fraction of sp³-hybridized carbons (Fsp3) is 0.250. The summed E-state index contributed by atoms with van der Waals surface area (Å²) in [4.78, 5) is 12.3. The van der Waals surface area contributed by atoms with E-state index in [9.17, 15) is 4.79 Å². The van der Waals surface area contributed by atoms with Crippen molar-refractivity contribution in [3.63, 3.8) is 0 Å². The number of amides is 1. The van der Waals surface area contributed by atoms with Crippen LogP contribution in [0.4, 0.5) is 5.69 Å². The summed E-state index contributed by atoms with van der Waals surface area (Å²) in [6.07, 6.45) is 4.37. The zero-order chi connectivity index (χ0) is 18.6. The Balaban J connectivity index is 1.39. The van der Waals surface area contributed by atoms with Crippen LogP contribution in [-0.4, -0.2) is 26.4 Å². The molecule has 5 nitrogen and oxygen atoms in total. The number of benzene rings is 1. The fourth-order valence-corrected chi connectivity index (χ4v) is 4.26. The van der Waals surface area contributed by atoms with Gasteiger partial charge in [0.25, 0.3) is 0 Å². The number of thioether (sulfide) groups is 1. The number of nitrogens with one attached hydrogen (secondary N) is 1. The molecule has 1 aliphatic carbocycles. The summed E-state index contributed by atoms with van der Waals surface area (Å²) >= 11 is 3.00. The van der Waals surface area contributed by atoms with Crippen molar-refractivity contribution in [3.05, 3.63) is 59.3 Å². The molecule has 7 heteroatoms. The van der Waals surface area contributed by atoms with Crippen LogP contribution >= 0.6 is 23.1 Å². The number of carbonyl (C=O) groups is 1. The van der Waals surface area contributed by atoms with E-state index in [4.69, 9.17) is 0 Å². The third-order valence-corrected chi connectivity index (χ3v) is 6.03. The minimum atomic E-state index is -0.0515. The van der Waals surface area contributed by atoms with E-state index >= 15 is 0 Å². The summed E-state index contributed by atoms with van der Waals surface area (Å²) < 4.78 is 1.98. The number of hydrogen-bond donors (Lipinski definition) is 1. The van der Waals surface area contributed by atoms with E-state index < -0.39 is 0 Å². The molecule has 1 aliphatic rings. The molecule has 0 atom stereocenters. The zero-order valence-corrected chi connectivity index (χ0v) is 16.4. The molecule has 1 N–H and O–H groups in total. The molecule has 2 aromatic heterocycles. The summed E-state index contributed by atoms with van der Waals surface area (Å²) in [5.41, 5.74) is 3.22. The van der Waals surface area contributed by atoms with Crippen LogP contribution in [-0.2, 0) is 11.3 Å². The van der Waals surface area contributed by atoms with Gasteiger partial charge in [-0.3, -0.25) is 9.36 Å². The average molecular weight is 397 g/mol. The number of thiophene rings is 1. The third kappa shape index (κ3) is 4.31. The summed E-state index contributed by atoms with van der Waals surface area (Å²) in [7, 11) is 0.